The number of carbonyl (C=O) groups is 1. The lowest BCUT2D eigenvalue weighted by Gasteiger charge is -2.14. The van der Waals surface area contributed by atoms with Gasteiger partial charge in [0.25, 0.3) is 6.47 Å². The number of hydrogen-bond acceptors (Lipinski definition) is 8. The first-order valence-corrected chi connectivity index (χ1v) is 9.18. The van der Waals surface area contributed by atoms with Crippen molar-refractivity contribution in [1.82, 2.24) is 4.98 Å². The predicted octanol–water partition coefficient (Wildman–Crippen LogP) is 3.59. The highest BCUT2D eigenvalue weighted by molar-refractivity contribution is 5.82. The molecule has 0 bridgehead atoms. The van der Waals surface area contributed by atoms with E-state index in [4.69, 9.17) is 34.6 Å². The van der Waals surface area contributed by atoms with Gasteiger partial charge in [-0.05, 0) is 35.9 Å². The number of nitriles is 1. The lowest BCUT2D eigenvalue weighted by atomic mass is 9.97. The number of halogens is 2. The normalized spacial score (nSPS) is 11.1. The molecule has 3 aromatic rings. The number of benzene rings is 2. The first-order valence-electron chi connectivity index (χ1n) is 9.18. The van der Waals surface area contributed by atoms with Crippen LogP contribution in [0.2, 0.25) is 0 Å². The first kappa shape index (κ1) is 23.1. The topological polar surface area (TPSA) is 137 Å². The largest absolute Gasteiger partial charge is 0.493 e. The highest BCUT2D eigenvalue weighted by Gasteiger charge is 2.24. The fraction of sp³-hybridized carbons (Fsp3) is 0.136. The molecule has 0 aliphatic carbocycles. The van der Waals surface area contributed by atoms with Crippen molar-refractivity contribution in [2.45, 2.75) is 0 Å². The maximum absolute atomic E-state index is 14.8. The predicted molar refractivity (Wildman–Crippen MR) is 112 cm³/mol. The number of fused-ring (bicyclic) bond motifs is 1. The molecular weight excluding hydrogens is 440 g/mol. The van der Waals surface area contributed by atoms with Crippen LogP contribution in [0, 0.1) is 23.0 Å². The third kappa shape index (κ3) is 4.27. The average molecular weight is 457 g/mol. The van der Waals surface area contributed by atoms with Crippen molar-refractivity contribution < 1.29 is 37.6 Å². The van der Waals surface area contributed by atoms with Crippen LogP contribution in [0.5, 0.6) is 23.0 Å². The molecule has 0 fully saturated rings. The monoisotopic (exact) mass is 457 g/mol. The molecule has 1 aliphatic heterocycles. The summed E-state index contributed by atoms with van der Waals surface area (Å²) < 4.78 is 49.6. The van der Waals surface area contributed by atoms with Gasteiger partial charge in [0.2, 0.25) is 12.5 Å². The van der Waals surface area contributed by atoms with Crippen molar-refractivity contribution in [2.24, 2.45) is 0 Å². The number of ether oxygens (including phenoxy) is 4. The number of nitrogen functional groups attached to an aromatic ring is 1. The van der Waals surface area contributed by atoms with E-state index in [0.29, 0.717) is 28.4 Å². The molecule has 0 atom stereocenters. The Kier molecular flexibility index (Phi) is 6.78. The Labute approximate surface area is 186 Å². The molecule has 0 radical (unpaired) electrons. The van der Waals surface area contributed by atoms with Crippen LogP contribution in [0.3, 0.4) is 0 Å². The van der Waals surface area contributed by atoms with E-state index in [0.717, 1.165) is 13.2 Å². The van der Waals surface area contributed by atoms with E-state index in [1.54, 1.807) is 12.1 Å². The lowest BCUT2D eigenvalue weighted by molar-refractivity contribution is -0.122. The summed E-state index contributed by atoms with van der Waals surface area (Å²) in [6.07, 6.45) is 0. The minimum absolute atomic E-state index is 0.0293. The maximum atomic E-state index is 14.8. The Morgan fingerprint density at radius 1 is 1.18 bits per heavy atom. The molecule has 0 saturated heterocycles. The lowest BCUT2D eigenvalue weighted by Crippen LogP contribution is -2.02. The molecule has 1 aliphatic rings. The van der Waals surface area contributed by atoms with Gasteiger partial charge in [0.1, 0.15) is 17.5 Å². The fourth-order valence-corrected chi connectivity index (χ4v) is 3.25. The van der Waals surface area contributed by atoms with Gasteiger partial charge in [-0.25, -0.2) is 13.8 Å². The third-order valence-corrected chi connectivity index (χ3v) is 4.66. The zero-order valence-electron chi connectivity index (χ0n) is 17.4. The number of hydrogen-bond donors (Lipinski definition) is 2. The SMILES string of the molecule is COc1cc(-c2cc(-c3ccc(F)c(OC)c3F)nc(N)c2C#N)cc2c1OCO2.O=CO. The Balaban J connectivity index is 0.000000968. The average Bonchev–Trinajstić information content (AvgIpc) is 3.27. The van der Waals surface area contributed by atoms with Crippen LogP contribution in [-0.2, 0) is 4.79 Å². The first-order chi connectivity index (χ1) is 15.9. The van der Waals surface area contributed by atoms with Crippen molar-refractivity contribution in [3.63, 3.8) is 0 Å². The molecule has 0 amide bonds. The summed E-state index contributed by atoms with van der Waals surface area (Å²) in [5.74, 6) is -1.15. The minimum Gasteiger partial charge on any atom is -0.493 e. The third-order valence-electron chi connectivity index (χ3n) is 4.66. The molecular formula is C22H17F2N3O6. The zero-order valence-corrected chi connectivity index (χ0v) is 17.4. The smallest absolute Gasteiger partial charge is 0.290 e. The molecule has 2 heterocycles. The number of pyridine rings is 1. The van der Waals surface area contributed by atoms with Gasteiger partial charge in [-0.3, -0.25) is 4.79 Å². The number of aromatic nitrogens is 1. The summed E-state index contributed by atoms with van der Waals surface area (Å²) in [6.45, 7) is -0.218. The highest BCUT2D eigenvalue weighted by atomic mass is 19.1. The number of nitrogens with two attached hydrogens (primary N) is 1. The van der Waals surface area contributed by atoms with Gasteiger partial charge in [0.05, 0.1) is 19.9 Å². The molecule has 4 rings (SSSR count). The van der Waals surface area contributed by atoms with E-state index in [1.807, 2.05) is 6.07 Å². The quantitative estimate of drug-likeness (QED) is 0.563. The molecule has 0 saturated carbocycles. The molecule has 11 heteroatoms. The van der Waals surface area contributed by atoms with Gasteiger partial charge in [0.15, 0.2) is 28.9 Å². The fourth-order valence-electron chi connectivity index (χ4n) is 3.25. The number of methoxy groups -OCH3 is 2. The summed E-state index contributed by atoms with van der Waals surface area (Å²) >= 11 is 0. The van der Waals surface area contributed by atoms with E-state index < -0.39 is 17.4 Å². The maximum Gasteiger partial charge on any atom is 0.290 e. The van der Waals surface area contributed by atoms with E-state index >= 15 is 0 Å². The highest BCUT2D eigenvalue weighted by Crippen LogP contribution is 2.45. The van der Waals surface area contributed by atoms with Crippen molar-refractivity contribution in [3.8, 4) is 51.5 Å². The number of carboxylic acid groups (broad SMARTS) is 1. The standard InChI is InChI=1S/C21H15F2N3O4.CH2O2/c1-27-16-5-10(6-17-20(16)30-9-29-17)12-7-15(26-21(25)13(12)8-24)11-3-4-14(22)19(28-2)18(11)23;2-1-3/h3-7H,9H2,1-2H3,(H2,25,26);1H,(H,2,3). The summed E-state index contributed by atoms with van der Waals surface area (Å²) in [4.78, 5) is 12.5. The molecule has 170 valence electrons. The van der Waals surface area contributed by atoms with E-state index in [1.165, 1.54) is 19.2 Å². The summed E-state index contributed by atoms with van der Waals surface area (Å²) in [6, 6.07) is 9.10. The van der Waals surface area contributed by atoms with Crippen LogP contribution >= 0.6 is 0 Å². The Bertz CT molecular complexity index is 1260. The number of anilines is 1. The molecule has 2 aromatic carbocycles. The Hall–Kier alpha value is -4.59. The summed E-state index contributed by atoms with van der Waals surface area (Å²) in [5.41, 5.74) is 7.06. The zero-order chi connectivity index (χ0) is 24.1. The van der Waals surface area contributed by atoms with Gasteiger partial charge >= 0.3 is 0 Å². The molecule has 33 heavy (non-hydrogen) atoms. The van der Waals surface area contributed by atoms with Gasteiger partial charge in [-0.1, -0.05) is 0 Å². The van der Waals surface area contributed by atoms with Gasteiger partial charge in [-0.15, -0.1) is 0 Å². The van der Waals surface area contributed by atoms with E-state index in [9.17, 15) is 14.0 Å². The van der Waals surface area contributed by atoms with Crippen LogP contribution in [0.25, 0.3) is 22.4 Å². The van der Waals surface area contributed by atoms with E-state index in [-0.39, 0.29) is 35.9 Å². The molecule has 9 nitrogen and oxygen atoms in total. The van der Waals surface area contributed by atoms with Crippen molar-refractivity contribution in [3.05, 3.63) is 47.5 Å². The second-order valence-electron chi connectivity index (χ2n) is 6.39. The number of rotatable bonds is 4. The van der Waals surface area contributed by atoms with Crippen LogP contribution in [0.15, 0.2) is 30.3 Å². The Morgan fingerprint density at radius 3 is 2.55 bits per heavy atom. The minimum atomic E-state index is -0.927. The second kappa shape index (κ2) is 9.69. The second-order valence-corrected chi connectivity index (χ2v) is 6.39. The number of nitrogens with zero attached hydrogens (tertiary/aromatic N) is 2. The van der Waals surface area contributed by atoms with E-state index in [2.05, 4.69) is 4.98 Å². The molecule has 3 N–H and O–H groups in total. The van der Waals surface area contributed by atoms with Crippen molar-refractivity contribution >= 4 is 12.3 Å². The Morgan fingerprint density at radius 2 is 1.91 bits per heavy atom. The van der Waals surface area contributed by atoms with Gasteiger partial charge in [-0.2, -0.15) is 5.26 Å². The van der Waals surface area contributed by atoms with Crippen molar-refractivity contribution in [1.29, 1.82) is 5.26 Å². The van der Waals surface area contributed by atoms with Crippen LogP contribution in [-0.4, -0.2) is 37.6 Å². The van der Waals surface area contributed by atoms with Crippen LogP contribution in [0.4, 0.5) is 14.6 Å². The summed E-state index contributed by atoms with van der Waals surface area (Å²) in [7, 11) is 2.63. The molecule has 0 unspecified atom stereocenters. The van der Waals surface area contributed by atoms with Gasteiger partial charge in [0, 0.05) is 11.1 Å². The van der Waals surface area contributed by atoms with Crippen molar-refractivity contribution in [2.75, 3.05) is 26.7 Å². The van der Waals surface area contributed by atoms with Crippen LogP contribution in [0.1, 0.15) is 5.56 Å². The molecule has 0 spiro atoms. The summed E-state index contributed by atoms with van der Waals surface area (Å²) in [5, 5.41) is 16.5. The molecule has 1 aromatic heterocycles. The van der Waals surface area contributed by atoms with Gasteiger partial charge < -0.3 is 29.8 Å². The van der Waals surface area contributed by atoms with Crippen LogP contribution < -0.4 is 24.7 Å².